The number of fused-ring (bicyclic) bond motifs is 1. The summed E-state index contributed by atoms with van der Waals surface area (Å²) in [5.74, 6) is 0.0670. The van der Waals surface area contributed by atoms with Crippen LogP contribution in [0.15, 0.2) is 40.8 Å². The molecule has 0 radical (unpaired) electrons. The van der Waals surface area contributed by atoms with E-state index in [4.69, 9.17) is 18.6 Å². The van der Waals surface area contributed by atoms with E-state index in [-0.39, 0.29) is 24.8 Å². The van der Waals surface area contributed by atoms with Gasteiger partial charge in [-0.3, -0.25) is 9.59 Å². The minimum atomic E-state index is -0.940. The lowest BCUT2D eigenvalue weighted by Gasteiger charge is -2.24. The largest absolute Gasteiger partial charge is 0.485 e. The highest BCUT2D eigenvalue weighted by Gasteiger charge is 2.29. The highest BCUT2D eigenvalue weighted by molar-refractivity contribution is 5.95. The van der Waals surface area contributed by atoms with Crippen LogP contribution in [-0.2, 0) is 20.9 Å². The molecule has 1 aliphatic rings. The zero-order valence-electron chi connectivity index (χ0n) is 14.0. The number of ether oxygens (including phenoxy) is 3. The molecule has 0 saturated carbocycles. The molecule has 1 amide bonds. The number of ketones is 1. The van der Waals surface area contributed by atoms with Crippen LogP contribution < -0.4 is 14.8 Å². The summed E-state index contributed by atoms with van der Waals surface area (Å²) in [7, 11) is 0. The van der Waals surface area contributed by atoms with Crippen molar-refractivity contribution in [2.24, 2.45) is 0 Å². The molecule has 0 bridgehead atoms. The summed E-state index contributed by atoms with van der Waals surface area (Å²) in [5.41, 5.74) is 0. The van der Waals surface area contributed by atoms with E-state index in [1.165, 1.54) is 13.0 Å². The second-order valence-electron chi connectivity index (χ2n) is 5.57. The van der Waals surface area contributed by atoms with Gasteiger partial charge >= 0.3 is 5.97 Å². The van der Waals surface area contributed by atoms with Gasteiger partial charge in [0.25, 0.3) is 0 Å². The Bertz CT molecular complexity index is 826. The molecule has 136 valence electrons. The number of carbonyl (C=O) groups is 3. The van der Waals surface area contributed by atoms with Crippen molar-refractivity contribution in [1.29, 1.82) is 0 Å². The van der Waals surface area contributed by atoms with Crippen LogP contribution in [0, 0.1) is 0 Å². The fourth-order valence-electron chi connectivity index (χ4n) is 2.27. The summed E-state index contributed by atoms with van der Waals surface area (Å²) in [6.07, 6.45) is -0.940. The zero-order valence-corrected chi connectivity index (χ0v) is 14.0. The van der Waals surface area contributed by atoms with Crippen molar-refractivity contribution in [3.63, 3.8) is 0 Å². The van der Waals surface area contributed by atoms with Crippen LogP contribution in [0.1, 0.15) is 23.2 Å². The van der Waals surface area contributed by atoms with Gasteiger partial charge in [0.1, 0.15) is 12.4 Å². The standard InChI is InChI=1S/C18H17NO7/c1-11(20)19-8-12-6-7-14(25-12)13(21)9-24-18(22)17-10-23-15-4-2-3-5-16(15)26-17/h2-7,17H,8-10H2,1H3,(H,19,20). The lowest BCUT2D eigenvalue weighted by molar-refractivity contribution is -0.153. The number of Topliss-reactive ketones (excluding diaryl/α,β-unsaturated/α-hetero) is 1. The number of amides is 1. The number of hydrogen-bond acceptors (Lipinski definition) is 7. The number of para-hydroxylation sites is 2. The Balaban J connectivity index is 1.50. The molecule has 0 aliphatic carbocycles. The summed E-state index contributed by atoms with van der Waals surface area (Å²) in [6, 6.07) is 10.00. The average molecular weight is 359 g/mol. The SMILES string of the molecule is CC(=O)NCc1ccc(C(=O)COC(=O)C2COc3ccccc3O2)o1. The molecule has 8 nitrogen and oxygen atoms in total. The molecular formula is C18H17NO7. The van der Waals surface area contributed by atoms with E-state index in [9.17, 15) is 14.4 Å². The van der Waals surface area contributed by atoms with Crippen molar-refractivity contribution >= 4 is 17.7 Å². The summed E-state index contributed by atoms with van der Waals surface area (Å²) in [6.45, 7) is 1.08. The van der Waals surface area contributed by atoms with Crippen molar-refractivity contribution in [2.45, 2.75) is 19.6 Å². The van der Waals surface area contributed by atoms with Gasteiger partial charge in [0, 0.05) is 6.92 Å². The molecule has 2 aromatic rings. The van der Waals surface area contributed by atoms with Crippen LogP contribution in [0.5, 0.6) is 11.5 Å². The van der Waals surface area contributed by atoms with Crippen LogP contribution >= 0.6 is 0 Å². The molecule has 0 saturated heterocycles. The molecule has 1 unspecified atom stereocenters. The van der Waals surface area contributed by atoms with E-state index in [2.05, 4.69) is 5.32 Å². The number of hydrogen-bond donors (Lipinski definition) is 1. The highest BCUT2D eigenvalue weighted by atomic mass is 16.6. The first-order valence-corrected chi connectivity index (χ1v) is 7.94. The first kappa shape index (κ1) is 17.5. The average Bonchev–Trinajstić information content (AvgIpc) is 3.13. The van der Waals surface area contributed by atoms with Crippen LogP contribution in [0.4, 0.5) is 0 Å². The van der Waals surface area contributed by atoms with Crippen molar-refractivity contribution in [2.75, 3.05) is 13.2 Å². The third-order valence-corrected chi connectivity index (χ3v) is 3.57. The van der Waals surface area contributed by atoms with E-state index >= 15 is 0 Å². The molecule has 1 N–H and O–H groups in total. The highest BCUT2D eigenvalue weighted by Crippen LogP contribution is 2.31. The third-order valence-electron chi connectivity index (χ3n) is 3.57. The van der Waals surface area contributed by atoms with E-state index in [1.807, 2.05) is 0 Å². The van der Waals surface area contributed by atoms with Gasteiger partial charge in [-0.1, -0.05) is 12.1 Å². The number of carbonyl (C=O) groups excluding carboxylic acids is 3. The molecule has 0 fully saturated rings. The van der Waals surface area contributed by atoms with Crippen molar-refractivity contribution in [3.05, 3.63) is 47.9 Å². The van der Waals surface area contributed by atoms with Gasteiger partial charge in [-0.15, -0.1) is 0 Å². The number of rotatable bonds is 6. The number of esters is 1. The summed E-state index contributed by atoms with van der Waals surface area (Å²) < 4.78 is 21.3. The van der Waals surface area contributed by atoms with Crippen molar-refractivity contribution in [1.82, 2.24) is 5.32 Å². The maximum absolute atomic E-state index is 12.1. The van der Waals surface area contributed by atoms with E-state index in [1.54, 1.807) is 30.3 Å². The predicted molar refractivity (Wildman–Crippen MR) is 87.9 cm³/mol. The first-order chi connectivity index (χ1) is 12.5. The minimum Gasteiger partial charge on any atom is -0.485 e. The molecule has 1 aromatic carbocycles. The number of benzene rings is 1. The normalized spacial score (nSPS) is 15.2. The maximum Gasteiger partial charge on any atom is 0.351 e. The van der Waals surface area contributed by atoms with Crippen molar-refractivity contribution in [3.8, 4) is 11.5 Å². The Morgan fingerprint density at radius 2 is 1.92 bits per heavy atom. The fourth-order valence-corrected chi connectivity index (χ4v) is 2.27. The summed E-state index contributed by atoms with van der Waals surface area (Å²) in [5, 5.41) is 2.56. The predicted octanol–water partition coefficient (Wildman–Crippen LogP) is 1.48. The molecule has 1 atom stereocenters. The van der Waals surface area contributed by atoms with Gasteiger partial charge in [-0.2, -0.15) is 0 Å². The van der Waals surface area contributed by atoms with Crippen LogP contribution in [0.3, 0.4) is 0 Å². The Labute approximate surface area is 149 Å². The van der Waals surface area contributed by atoms with Crippen molar-refractivity contribution < 1.29 is 33.0 Å². The Kier molecular flexibility index (Phi) is 5.21. The quantitative estimate of drug-likeness (QED) is 0.615. The molecule has 8 heteroatoms. The molecule has 1 aromatic heterocycles. The van der Waals surface area contributed by atoms with Gasteiger partial charge in [0.05, 0.1) is 6.54 Å². The Morgan fingerprint density at radius 1 is 1.15 bits per heavy atom. The molecule has 26 heavy (non-hydrogen) atoms. The van der Waals surface area contributed by atoms with E-state index < -0.39 is 24.5 Å². The van der Waals surface area contributed by atoms with Gasteiger partial charge in [0.2, 0.25) is 17.8 Å². The minimum absolute atomic E-state index is 0.00561. The molecule has 2 heterocycles. The second-order valence-corrected chi connectivity index (χ2v) is 5.57. The smallest absolute Gasteiger partial charge is 0.351 e. The van der Waals surface area contributed by atoms with Gasteiger partial charge in [0.15, 0.2) is 23.9 Å². The summed E-state index contributed by atoms with van der Waals surface area (Å²) in [4.78, 5) is 35.0. The van der Waals surface area contributed by atoms with E-state index in [0.29, 0.717) is 17.3 Å². The van der Waals surface area contributed by atoms with Gasteiger partial charge in [-0.25, -0.2) is 4.79 Å². The third kappa shape index (κ3) is 4.21. The topological polar surface area (TPSA) is 104 Å². The lowest BCUT2D eigenvalue weighted by Crippen LogP contribution is -2.38. The molecule has 1 aliphatic heterocycles. The molecular weight excluding hydrogens is 342 g/mol. The molecule has 3 rings (SSSR count). The van der Waals surface area contributed by atoms with Gasteiger partial charge in [-0.05, 0) is 24.3 Å². The zero-order chi connectivity index (χ0) is 18.5. The van der Waals surface area contributed by atoms with E-state index in [0.717, 1.165) is 0 Å². The summed E-state index contributed by atoms with van der Waals surface area (Å²) >= 11 is 0. The number of furan rings is 1. The number of nitrogens with one attached hydrogen (secondary N) is 1. The lowest BCUT2D eigenvalue weighted by atomic mass is 10.2. The maximum atomic E-state index is 12.1. The Morgan fingerprint density at radius 3 is 2.69 bits per heavy atom. The Hall–Kier alpha value is -3.29. The first-order valence-electron chi connectivity index (χ1n) is 7.94. The van der Waals surface area contributed by atoms with Crippen LogP contribution in [-0.4, -0.2) is 37.0 Å². The fraction of sp³-hybridized carbons (Fsp3) is 0.278. The van der Waals surface area contributed by atoms with Crippen LogP contribution in [0.25, 0.3) is 0 Å². The van der Waals surface area contributed by atoms with Gasteiger partial charge < -0.3 is 23.9 Å². The monoisotopic (exact) mass is 359 g/mol. The van der Waals surface area contributed by atoms with Crippen LogP contribution in [0.2, 0.25) is 0 Å². The molecule has 0 spiro atoms. The second kappa shape index (κ2) is 7.73.